The second-order valence-electron chi connectivity index (χ2n) is 4.63. The molecule has 0 bridgehead atoms. The summed E-state index contributed by atoms with van der Waals surface area (Å²) in [5, 5.41) is 13.5. The molecular formula is C11H19N3O5. The molecule has 1 rings (SSSR count). The molecule has 1 saturated heterocycles. The maximum Gasteiger partial charge on any atom is 0.325 e. The van der Waals surface area contributed by atoms with E-state index in [-0.39, 0.29) is 32.9 Å². The van der Waals surface area contributed by atoms with Crippen LogP contribution in [0, 0.1) is 0 Å². The lowest BCUT2D eigenvalue weighted by Crippen LogP contribution is -2.43. The van der Waals surface area contributed by atoms with Gasteiger partial charge in [0.05, 0.1) is 19.8 Å². The van der Waals surface area contributed by atoms with Crippen molar-refractivity contribution >= 4 is 17.8 Å². The number of amides is 4. The molecule has 0 aromatic heterocycles. The molecule has 1 aliphatic rings. The number of hydrogen-bond donors (Lipinski definition) is 3. The zero-order valence-electron chi connectivity index (χ0n) is 11.1. The Hall–Kier alpha value is -1.67. The third-order valence-corrected chi connectivity index (χ3v) is 2.55. The smallest absolute Gasteiger partial charge is 0.325 e. The summed E-state index contributed by atoms with van der Waals surface area (Å²) >= 11 is 0. The van der Waals surface area contributed by atoms with Crippen molar-refractivity contribution in [2.24, 2.45) is 0 Å². The van der Waals surface area contributed by atoms with E-state index < -0.39 is 23.4 Å². The van der Waals surface area contributed by atoms with Crippen LogP contribution in [0.3, 0.4) is 0 Å². The van der Waals surface area contributed by atoms with Gasteiger partial charge in [0.25, 0.3) is 5.91 Å². The number of hydrogen-bond acceptors (Lipinski definition) is 5. The average Bonchev–Trinajstić information content (AvgIpc) is 2.51. The summed E-state index contributed by atoms with van der Waals surface area (Å²) in [6.07, 6.45) is 0. The van der Waals surface area contributed by atoms with Gasteiger partial charge in [-0.15, -0.1) is 0 Å². The second-order valence-corrected chi connectivity index (χ2v) is 4.63. The molecule has 108 valence electrons. The largest absolute Gasteiger partial charge is 0.394 e. The van der Waals surface area contributed by atoms with Gasteiger partial charge in [-0.1, -0.05) is 0 Å². The van der Waals surface area contributed by atoms with Gasteiger partial charge in [-0.2, -0.15) is 0 Å². The van der Waals surface area contributed by atoms with E-state index in [9.17, 15) is 14.4 Å². The van der Waals surface area contributed by atoms with Crippen LogP contribution >= 0.6 is 0 Å². The quantitative estimate of drug-likeness (QED) is 0.384. The molecule has 1 fully saturated rings. The van der Waals surface area contributed by atoms with E-state index in [2.05, 4.69) is 10.6 Å². The van der Waals surface area contributed by atoms with E-state index in [1.54, 1.807) is 13.8 Å². The molecule has 3 N–H and O–H groups in total. The van der Waals surface area contributed by atoms with Gasteiger partial charge in [0.2, 0.25) is 5.91 Å². The first-order valence-electron chi connectivity index (χ1n) is 5.98. The highest BCUT2D eigenvalue weighted by Gasteiger charge is 2.44. The molecule has 19 heavy (non-hydrogen) atoms. The highest BCUT2D eigenvalue weighted by Crippen LogP contribution is 2.15. The molecule has 0 atom stereocenters. The van der Waals surface area contributed by atoms with Crippen LogP contribution < -0.4 is 10.6 Å². The summed E-state index contributed by atoms with van der Waals surface area (Å²) in [5.74, 6) is -0.863. The number of imide groups is 1. The number of urea groups is 1. The van der Waals surface area contributed by atoms with Crippen LogP contribution in [0.1, 0.15) is 13.8 Å². The molecule has 0 spiro atoms. The SMILES string of the molecule is CC1(C)NC(=O)N(CC(=O)NCCOCCO)C1=O. The Kier molecular flexibility index (Phi) is 5.25. The summed E-state index contributed by atoms with van der Waals surface area (Å²) in [4.78, 5) is 35.7. The molecule has 0 unspecified atom stereocenters. The van der Waals surface area contributed by atoms with Crippen LogP contribution in [-0.4, -0.2) is 66.3 Å². The Morgan fingerprint density at radius 1 is 1.42 bits per heavy atom. The molecular weight excluding hydrogens is 254 g/mol. The fourth-order valence-electron chi connectivity index (χ4n) is 1.59. The van der Waals surface area contributed by atoms with E-state index in [0.717, 1.165) is 4.90 Å². The van der Waals surface area contributed by atoms with Gasteiger partial charge in [0, 0.05) is 6.54 Å². The molecule has 0 aromatic rings. The van der Waals surface area contributed by atoms with Crippen LogP contribution in [0.15, 0.2) is 0 Å². The van der Waals surface area contributed by atoms with Crippen molar-refractivity contribution in [3.63, 3.8) is 0 Å². The fraction of sp³-hybridized carbons (Fsp3) is 0.727. The Morgan fingerprint density at radius 3 is 2.63 bits per heavy atom. The maximum atomic E-state index is 11.8. The number of rotatable bonds is 7. The number of aliphatic hydroxyl groups excluding tert-OH is 1. The highest BCUT2D eigenvalue weighted by molar-refractivity contribution is 6.08. The lowest BCUT2D eigenvalue weighted by molar-refractivity contribution is -0.134. The minimum atomic E-state index is -0.971. The van der Waals surface area contributed by atoms with Gasteiger partial charge in [-0.3, -0.25) is 14.5 Å². The minimum absolute atomic E-state index is 0.0779. The van der Waals surface area contributed by atoms with E-state index in [1.807, 2.05) is 0 Å². The van der Waals surface area contributed by atoms with Gasteiger partial charge in [-0.25, -0.2) is 4.79 Å². The van der Waals surface area contributed by atoms with E-state index in [4.69, 9.17) is 9.84 Å². The predicted molar refractivity (Wildman–Crippen MR) is 65.2 cm³/mol. The number of aliphatic hydroxyl groups is 1. The topological polar surface area (TPSA) is 108 Å². The highest BCUT2D eigenvalue weighted by atomic mass is 16.5. The summed E-state index contributed by atoms with van der Waals surface area (Å²) in [5.41, 5.74) is -0.971. The molecule has 0 aromatic carbocycles. The van der Waals surface area contributed by atoms with E-state index >= 15 is 0 Å². The number of carbonyl (C=O) groups is 3. The van der Waals surface area contributed by atoms with Gasteiger partial charge in [-0.05, 0) is 13.8 Å². The first-order valence-corrected chi connectivity index (χ1v) is 5.98. The molecule has 1 heterocycles. The third kappa shape index (κ3) is 4.18. The van der Waals surface area contributed by atoms with Gasteiger partial charge < -0.3 is 20.5 Å². The van der Waals surface area contributed by atoms with Crippen LogP contribution in [0.5, 0.6) is 0 Å². The van der Waals surface area contributed by atoms with Crippen molar-refractivity contribution < 1.29 is 24.2 Å². The third-order valence-electron chi connectivity index (χ3n) is 2.55. The standard InChI is InChI=1S/C11H19N3O5/c1-11(2)9(17)14(10(18)13-11)7-8(16)12-3-5-19-6-4-15/h15H,3-7H2,1-2H3,(H,12,16)(H,13,18). The van der Waals surface area contributed by atoms with Crippen molar-refractivity contribution in [1.29, 1.82) is 0 Å². The lowest BCUT2D eigenvalue weighted by Gasteiger charge is -2.15. The number of nitrogens with zero attached hydrogens (tertiary/aromatic N) is 1. The molecule has 0 radical (unpaired) electrons. The number of carbonyl (C=O) groups excluding carboxylic acids is 3. The summed E-state index contributed by atoms with van der Waals surface area (Å²) in [6.45, 7) is 3.49. The summed E-state index contributed by atoms with van der Waals surface area (Å²) in [6, 6.07) is -0.568. The zero-order valence-corrected chi connectivity index (χ0v) is 11.1. The van der Waals surface area contributed by atoms with Gasteiger partial charge in [0.1, 0.15) is 12.1 Å². The molecule has 0 saturated carbocycles. The lowest BCUT2D eigenvalue weighted by atomic mass is 10.1. The van der Waals surface area contributed by atoms with Crippen molar-refractivity contribution in [2.45, 2.75) is 19.4 Å². The molecule has 8 nitrogen and oxygen atoms in total. The predicted octanol–water partition coefficient (Wildman–Crippen LogP) is -1.56. The number of nitrogens with one attached hydrogen (secondary N) is 2. The molecule has 4 amide bonds. The molecule has 0 aliphatic carbocycles. The Bertz CT molecular complexity index is 369. The summed E-state index contributed by atoms with van der Waals surface area (Å²) in [7, 11) is 0. The molecule has 1 aliphatic heterocycles. The molecule has 8 heteroatoms. The van der Waals surface area contributed by atoms with Crippen molar-refractivity contribution in [2.75, 3.05) is 32.9 Å². The van der Waals surface area contributed by atoms with Gasteiger partial charge >= 0.3 is 6.03 Å². The Labute approximate surface area is 111 Å². The normalized spacial score (nSPS) is 17.5. The Balaban J connectivity index is 2.33. The first kappa shape index (κ1) is 15.4. The summed E-state index contributed by atoms with van der Waals surface area (Å²) < 4.78 is 4.95. The maximum absolute atomic E-state index is 11.8. The minimum Gasteiger partial charge on any atom is -0.394 e. The second kappa shape index (κ2) is 6.48. The monoisotopic (exact) mass is 273 g/mol. The number of ether oxygens (including phenoxy) is 1. The average molecular weight is 273 g/mol. The van der Waals surface area contributed by atoms with Crippen molar-refractivity contribution in [3.8, 4) is 0 Å². The first-order chi connectivity index (χ1) is 8.88. The van der Waals surface area contributed by atoms with Crippen LogP contribution in [0.25, 0.3) is 0 Å². The van der Waals surface area contributed by atoms with E-state index in [1.165, 1.54) is 0 Å². The Morgan fingerprint density at radius 2 is 2.11 bits per heavy atom. The van der Waals surface area contributed by atoms with Crippen molar-refractivity contribution in [3.05, 3.63) is 0 Å². The van der Waals surface area contributed by atoms with E-state index in [0.29, 0.717) is 0 Å². The van der Waals surface area contributed by atoms with Crippen LogP contribution in [0.2, 0.25) is 0 Å². The van der Waals surface area contributed by atoms with Crippen LogP contribution in [0.4, 0.5) is 4.79 Å². The van der Waals surface area contributed by atoms with Crippen LogP contribution in [-0.2, 0) is 14.3 Å². The zero-order chi connectivity index (χ0) is 14.5. The van der Waals surface area contributed by atoms with Crippen molar-refractivity contribution in [1.82, 2.24) is 15.5 Å². The van der Waals surface area contributed by atoms with Gasteiger partial charge in [0.15, 0.2) is 0 Å². The fourth-order valence-corrected chi connectivity index (χ4v) is 1.59.